The smallest absolute Gasteiger partial charge is 0.150 e. The number of carbonyl (C=O) groups excluding carboxylic acids is 1. The lowest BCUT2D eigenvalue weighted by atomic mass is 9.92. The van der Waals surface area contributed by atoms with Crippen molar-refractivity contribution < 1.29 is 9.90 Å². The van der Waals surface area contributed by atoms with E-state index in [4.69, 9.17) is 0 Å². The van der Waals surface area contributed by atoms with Gasteiger partial charge in [-0.25, -0.2) is 0 Å². The summed E-state index contributed by atoms with van der Waals surface area (Å²) in [5, 5.41) is 10.1. The highest BCUT2D eigenvalue weighted by Gasteiger charge is 2.39. The van der Waals surface area contributed by atoms with Gasteiger partial charge in [0.2, 0.25) is 0 Å². The summed E-state index contributed by atoms with van der Waals surface area (Å²) in [5.41, 5.74) is 3.31. The first-order valence-corrected chi connectivity index (χ1v) is 11.9. The van der Waals surface area contributed by atoms with Crippen LogP contribution in [-0.2, 0) is 11.2 Å². The maximum atomic E-state index is 12.0. The van der Waals surface area contributed by atoms with Gasteiger partial charge in [0.05, 0.1) is 12.1 Å². The highest BCUT2D eigenvalue weighted by atomic mass is 16.3. The first kappa shape index (κ1) is 21.3. The summed E-state index contributed by atoms with van der Waals surface area (Å²) in [6, 6.07) is 8.06. The lowest BCUT2D eigenvalue weighted by Crippen LogP contribution is -2.45. The van der Waals surface area contributed by atoms with Gasteiger partial charge < -0.3 is 10.0 Å². The Balaban J connectivity index is 0.000000135. The molecule has 6 heteroatoms. The SMILES string of the molecule is O=C1CC2CCN(C2)C1Cc1cccnc1.OC1CC2CCN(C2)C1=Cc1cccnc1. The van der Waals surface area contributed by atoms with Gasteiger partial charge in [0.25, 0.3) is 0 Å². The third kappa shape index (κ3) is 4.76. The van der Waals surface area contributed by atoms with E-state index in [0.29, 0.717) is 17.6 Å². The van der Waals surface area contributed by atoms with Crippen LogP contribution < -0.4 is 0 Å². The first-order valence-electron chi connectivity index (χ1n) is 11.9. The minimum atomic E-state index is -0.290. The average Bonchev–Trinajstić information content (AvgIpc) is 3.40. The van der Waals surface area contributed by atoms with Crippen molar-refractivity contribution in [1.29, 1.82) is 0 Å². The number of aliphatic hydroxyl groups is 1. The Bertz CT molecular complexity index is 949. The Morgan fingerprint density at radius 2 is 1.84 bits per heavy atom. The predicted octanol–water partition coefficient (Wildman–Crippen LogP) is 2.80. The molecule has 4 saturated heterocycles. The number of rotatable bonds is 3. The molecule has 6 nitrogen and oxygen atoms in total. The molecule has 0 aromatic carbocycles. The molecule has 4 bridgehead atoms. The van der Waals surface area contributed by atoms with Crippen LogP contribution in [-0.4, -0.2) is 69.0 Å². The zero-order chi connectivity index (χ0) is 21.9. The monoisotopic (exact) mass is 432 g/mol. The normalized spacial score (nSPS) is 32.0. The van der Waals surface area contributed by atoms with Gasteiger partial charge in [-0.2, -0.15) is 0 Å². The van der Waals surface area contributed by atoms with Crippen molar-refractivity contribution in [3.63, 3.8) is 0 Å². The van der Waals surface area contributed by atoms with Crippen LogP contribution >= 0.6 is 0 Å². The maximum Gasteiger partial charge on any atom is 0.150 e. The molecule has 6 rings (SSSR count). The fraction of sp³-hybridized carbons (Fsp3) is 0.500. The van der Waals surface area contributed by atoms with Crippen LogP contribution in [0, 0.1) is 11.8 Å². The largest absolute Gasteiger partial charge is 0.387 e. The molecule has 2 aromatic rings. The van der Waals surface area contributed by atoms with Crippen LogP contribution in [0.25, 0.3) is 6.08 Å². The van der Waals surface area contributed by atoms with Gasteiger partial charge in [-0.3, -0.25) is 19.7 Å². The topological polar surface area (TPSA) is 69.6 Å². The van der Waals surface area contributed by atoms with Gasteiger partial charge in [-0.1, -0.05) is 12.1 Å². The standard InChI is InChI=1S/2C13H16N2O/c2*16-13-7-11-3-5-15(9-11)12(13)6-10-2-1-4-14-8-10/h1-2,4,8,11-12H,3,5-7,9H2;1-2,4,6,8,11,13,16H,3,5,7,9H2. The Morgan fingerprint density at radius 3 is 2.62 bits per heavy atom. The van der Waals surface area contributed by atoms with Crippen LogP contribution in [0.3, 0.4) is 0 Å². The van der Waals surface area contributed by atoms with Crippen LogP contribution in [0.5, 0.6) is 0 Å². The number of hydrogen-bond donors (Lipinski definition) is 1. The minimum Gasteiger partial charge on any atom is -0.387 e. The van der Waals surface area contributed by atoms with Crippen LogP contribution in [0.1, 0.15) is 36.8 Å². The molecule has 2 aromatic heterocycles. The number of carbonyl (C=O) groups is 1. The van der Waals surface area contributed by atoms with Crippen LogP contribution in [0.15, 0.2) is 54.7 Å². The zero-order valence-corrected chi connectivity index (χ0v) is 18.5. The van der Waals surface area contributed by atoms with E-state index in [-0.39, 0.29) is 12.1 Å². The Labute approximate surface area is 190 Å². The second-order valence-corrected chi connectivity index (χ2v) is 9.61. The number of pyridine rings is 2. The van der Waals surface area contributed by atoms with Crippen molar-refractivity contribution in [2.45, 2.75) is 44.2 Å². The van der Waals surface area contributed by atoms with Gasteiger partial charge >= 0.3 is 0 Å². The van der Waals surface area contributed by atoms with Crippen molar-refractivity contribution in [2.24, 2.45) is 11.8 Å². The molecule has 4 fully saturated rings. The van der Waals surface area contributed by atoms with Gasteiger partial charge in [0.1, 0.15) is 0 Å². The second kappa shape index (κ2) is 9.51. The summed E-state index contributed by atoms with van der Waals surface area (Å²) < 4.78 is 0. The zero-order valence-electron chi connectivity index (χ0n) is 18.5. The van der Waals surface area contributed by atoms with E-state index in [0.717, 1.165) is 56.7 Å². The first-order chi connectivity index (χ1) is 15.7. The summed E-state index contributed by atoms with van der Waals surface area (Å²) in [6.45, 7) is 4.43. The summed E-state index contributed by atoms with van der Waals surface area (Å²) in [6.07, 6.45) is 14.0. The molecule has 0 amide bonds. The summed E-state index contributed by atoms with van der Waals surface area (Å²) >= 11 is 0. The van der Waals surface area contributed by atoms with E-state index in [1.165, 1.54) is 18.4 Å². The number of nitrogens with zero attached hydrogens (tertiary/aromatic N) is 4. The van der Waals surface area contributed by atoms with Gasteiger partial charge in [0, 0.05) is 56.5 Å². The molecule has 168 valence electrons. The highest BCUT2D eigenvalue weighted by Crippen LogP contribution is 2.34. The summed E-state index contributed by atoms with van der Waals surface area (Å²) in [4.78, 5) is 24.9. The van der Waals surface area contributed by atoms with Crippen molar-refractivity contribution in [3.05, 3.63) is 65.9 Å². The fourth-order valence-corrected chi connectivity index (χ4v) is 5.65. The Hall–Kier alpha value is -2.57. The van der Waals surface area contributed by atoms with Crippen molar-refractivity contribution >= 4 is 11.9 Å². The summed E-state index contributed by atoms with van der Waals surface area (Å²) in [7, 11) is 0. The molecule has 4 aliphatic rings. The quantitative estimate of drug-likeness (QED) is 0.804. The lowest BCUT2D eigenvalue weighted by molar-refractivity contribution is -0.126. The molecular formula is C26H32N4O2. The number of piperidine rings is 2. The number of hydrogen-bond acceptors (Lipinski definition) is 6. The molecule has 4 aliphatic heterocycles. The number of aliphatic hydroxyl groups excluding tert-OH is 1. The minimum absolute atomic E-state index is 0.114. The highest BCUT2D eigenvalue weighted by molar-refractivity contribution is 5.85. The molecule has 1 N–H and O–H groups in total. The molecule has 5 unspecified atom stereocenters. The molecule has 0 radical (unpaired) electrons. The second-order valence-electron chi connectivity index (χ2n) is 9.61. The predicted molar refractivity (Wildman–Crippen MR) is 124 cm³/mol. The van der Waals surface area contributed by atoms with E-state index in [1.54, 1.807) is 12.4 Å². The maximum absolute atomic E-state index is 12.0. The number of fused-ring (bicyclic) bond motifs is 4. The number of ketones is 1. The van der Waals surface area contributed by atoms with E-state index >= 15 is 0 Å². The Morgan fingerprint density at radius 1 is 1.03 bits per heavy atom. The summed E-state index contributed by atoms with van der Waals surface area (Å²) in [5.74, 6) is 1.76. The van der Waals surface area contributed by atoms with E-state index in [9.17, 15) is 9.90 Å². The number of Topliss-reactive ketones (excluding diaryl/α,β-unsaturated/α-hetero) is 1. The van der Waals surface area contributed by atoms with E-state index in [1.807, 2.05) is 30.6 Å². The van der Waals surface area contributed by atoms with Crippen molar-refractivity contribution in [2.75, 3.05) is 26.2 Å². The van der Waals surface area contributed by atoms with Crippen LogP contribution in [0.2, 0.25) is 0 Å². The molecule has 0 spiro atoms. The number of aromatic nitrogens is 2. The lowest BCUT2D eigenvalue weighted by Gasteiger charge is -2.31. The molecule has 0 saturated carbocycles. The van der Waals surface area contributed by atoms with E-state index < -0.39 is 0 Å². The fourth-order valence-electron chi connectivity index (χ4n) is 5.65. The van der Waals surface area contributed by atoms with Gasteiger partial charge in [0.15, 0.2) is 5.78 Å². The third-order valence-corrected chi connectivity index (χ3v) is 7.32. The third-order valence-electron chi connectivity index (χ3n) is 7.32. The van der Waals surface area contributed by atoms with Gasteiger partial charge in [-0.15, -0.1) is 0 Å². The molecular weight excluding hydrogens is 400 g/mol. The van der Waals surface area contributed by atoms with Crippen molar-refractivity contribution in [1.82, 2.24) is 19.8 Å². The molecule has 32 heavy (non-hydrogen) atoms. The molecule has 5 atom stereocenters. The van der Waals surface area contributed by atoms with Gasteiger partial charge in [-0.05, 0) is 73.4 Å². The molecule has 0 aliphatic carbocycles. The van der Waals surface area contributed by atoms with E-state index in [2.05, 4.69) is 31.9 Å². The van der Waals surface area contributed by atoms with Crippen LogP contribution in [0.4, 0.5) is 0 Å². The molecule has 6 heterocycles. The Kier molecular flexibility index (Phi) is 6.32. The average molecular weight is 433 g/mol. The van der Waals surface area contributed by atoms with Crippen molar-refractivity contribution in [3.8, 4) is 0 Å².